The van der Waals surface area contributed by atoms with Crippen LogP contribution in [0.15, 0.2) is 0 Å². The molecule has 1 fully saturated rings. The van der Waals surface area contributed by atoms with E-state index in [0.717, 1.165) is 31.1 Å². The number of Topliss-reactive ketones (excluding diaryl/α,β-unsaturated/α-hetero) is 1. The van der Waals surface area contributed by atoms with Gasteiger partial charge in [-0.25, -0.2) is 0 Å². The summed E-state index contributed by atoms with van der Waals surface area (Å²) in [5.41, 5.74) is 0. The van der Waals surface area contributed by atoms with Crippen molar-refractivity contribution in [1.29, 1.82) is 0 Å². The average Bonchev–Trinajstić information content (AvgIpc) is 2.21. The van der Waals surface area contributed by atoms with Crippen LogP contribution in [0.1, 0.15) is 67.2 Å². The molecule has 106 valence electrons. The third-order valence-corrected chi connectivity index (χ3v) is 4.93. The maximum Gasteiger partial charge on any atom is 0.133 e. The van der Waals surface area contributed by atoms with Gasteiger partial charge in [0, 0.05) is 12.8 Å². The summed E-state index contributed by atoms with van der Waals surface area (Å²) in [4.78, 5) is 12.0. The first-order chi connectivity index (χ1) is 8.34. The Morgan fingerprint density at radius 2 is 1.44 bits per heavy atom. The first kappa shape index (κ1) is 15.7. The van der Waals surface area contributed by atoms with Crippen molar-refractivity contribution in [2.75, 3.05) is 0 Å². The van der Waals surface area contributed by atoms with Crippen LogP contribution in [0.4, 0.5) is 0 Å². The summed E-state index contributed by atoms with van der Waals surface area (Å²) in [5, 5.41) is 0. The van der Waals surface area contributed by atoms with Crippen LogP contribution < -0.4 is 0 Å². The van der Waals surface area contributed by atoms with Gasteiger partial charge in [-0.3, -0.25) is 4.79 Å². The Balaban J connectivity index is 3.01. The molecule has 0 heterocycles. The molecule has 0 aromatic carbocycles. The van der Waals surface area contributed by atoms with Crippen molar-refractivity contribution in [3.63, 3.8) is 0 Å². The highest BCUT2D eigenvalue weighted by atomic mass is 16.1. The molecule has 1 aliphatic rings. The molecular formula is C17H32O. The minimum absolute atomic E-state index is 0.501. The molecule has 1 aliphatic carbocycles. The molecule has 0 aromatic heterocycles. The monoisotopic (exact) mass is 252 g/mol. The highest BCUT2D eigenvalue weighted by Gasteiger charge is 2.37. The van der Waals surface area contributed by atoms with Gasteiger partial charge in [0.1, 0.15) is 5.78 Å². The van der Waals surface area contributed by atoms with Crippen LogP contribution in [0.5, 0.6) is 0 Å². The van der Waals surface area contributed by atoms with Crippen molar-refractivity contribution in [3.05, 3.63) is 0 Å². The van der Waals surface area contributed by atoms with E-state index in [0.29, 0.717) is 29.5 Å². The van der Waals surface area contributed by atoms with E-state index < -0.39 is 0 Å². The third-order valence-electron chi connectivity index (χ3n) is 4.93. The standard InChI is InChI=1S/C17H32O/c1-11(2)15-9-7-8-14(18)10-16(12(3)4)17(15)13(5)6/h11-13,15-17H,7-10H2,1-6H3. The topological polar surface area (TPSA) is 17.1 Å². The van der Waals surface area contributed by atoms with Crippen molar-refractivity contribution >= 4 is 5.78 Å². The van der Waals surface area contributed by atoms with E-state index >= 15 is 0 Å². The molecule has 0 radical (unpaired) electrons. The molecular weight excluding hydrogens is 220 g/mol. The lowest BCUT2D eigenvalue weighted by molar-refractivity contribution is -0.122. The minimum Gasteiger partial charge on any atom is -0.300 e. The van der Waals surface area contributed by atoms with Crippen LogP contribution in [0.25, 0.3) is 0 Å². The fourth-order valence-electron chi connectivity index (χ4n) is 3.99. The summed E-state index contributed by atoms with van der Waals surface area (Å²) in [7, 11) is 0. The maximum absolute atomic E-state index is 12.0. The third kappa shape index (κ3) is 3.83. The van der Waals surface area contributed by atoms with Gasteiger partial charge in [-0.1, -0.05) is 41.5 Å². The number of hydrogen-bond donors (Lipinski definition) is 0. The van der Waals surface area contributed by atoms with Crippen LogP contribution >= 0.6 is 0 Å². The van der Waals surface area contributed by atoms with Gasteiger partial charge < -0.3 is 0 Å². The first-order valence-corrected chi connectivity index (χ1v) is 7.86. The van der Waals surface area contributed by atoms with E-state index in [1.54, 1.807) is 0 Å². The maximum atomic E-state index is 12.0. The zero-order valence-electron chi connectivity index (χ0n) is 13.2. The van der Waals surface area contributed by atoms with Gasteiger partial charge >= 0.3 is 0 Å². The van der Waals surface area contributed by atoms with E-state index in [4.69, 9.17) is 0 Å². The largest absolute Gasteiger partial charge is 0.300 e. The van der Waals surface area contributed by atoms with E-state index in [2.05, 4.69) is 41.5 Å². The summed E-state index contributed by atoms with van der Waals surface area (Å²) >= 11 is 0. The fraction of sp³-hybridized carbons (Fsp3) is 0.941. The number of hydrogen-bond acceptors (Lipinski definition) is 1. The molecule has 1 rings (SSSR count). The van der Waals surface area contributed by atoms with Crippen molar-refractivity contribution in [2.24, 2.45) is 35.5 Å². The summed E-state index contributed by atoms with van der Waals surface area (Å²) < 4.78 is 0. The van der Waals surface area contributed by atoms with Crippen molar-refractivity contribution < 1.29 is 4.79 Å². The van der Waals surface area contributed by atoms with Crippen molar-refractivity contribution in [3.8, 4) is 0 Å². The van der Waals surface area contributed by atoms with Crippen LogP contribution in [0.3, 0.4) is 0 Å². The van der Waals surface area contributed by atoms with Crippen LogP contribution in [0.2, 0.25) is 0 Å². The van der Waals surface area contributed by atoms with Gasteiger partial charge in [0.2, 0.25) is 0 Å². The van der Waals surface area contributed by atoms with Gasteiger partial charge in [-0.15, -0.1) is 0 Å². The molecule has 1 nitrogen and oxygen atoms in total. The molecule has 0 amide bonds. The molecule has 3 atom stereocenters. The smallest absolute Gasteiger partial charge is 0.133 e. The lowest BCUT2D eigenvalue weighted by Gasteiger charge is -2.42. The van der Waals surface area contributed by atoms with E-state index in [1.165, 1.54) is 6.42 Å². The minimum atomic E-state index is 0.501. The second-order valence-corrected chi connectivity index (χ2v) is 7.27. The van der Waals surface area contributed by atoms with E-state index in [9.17, 15) is 4.79 Å². The molecule has 0 aliphatic heterocycles. The molecule has 1 heteroatoms. The Labute approximate surface area is 114 Å². The van der Waals surface area contributed by atoms with E-state index in [1.807, 2.05) is 0 Å². The van der Waals surface area contributed by atoms with E-state index in [-0.39, 0.29) is 0 Å². The number of ketones is 1. The molecule has 18 heavy (non-hydrogen) atoms. The second kappa shape index (κ2) is 6.73. The normalized spacial score (nSPS) is 30.9. The molecule has 3 unspecified atom stereocenters. The fourth-order valence-corrected chi connectivity index (χ4v) is 3.99. The lowest BCUT2D eigenvalue weighted by Crippen LogP contribution is -2.36. The molecule has 0 N–H and O–H groups in total. The van der Waals surface area contributed by atoms with Gasteiger partial charge in [0.15, 0.2) is 0 Å². The Bertz CT molecular complexity index is 265. The number of rotatable bonds is 3. The molecule has 0 aromatic rings. The second-order valence-electron chi connectivity index (χ2n) is 7.27. The SMILES string of the molecule is CC(C)C1CCCC(=O)CC(C(C)C)C1C(C)C. The van der Waals surface area contributed by atoms with Crippen molar-refractivity contribution in [1.82, 2.24) is 0 Å². The Hall–Kier alpha value is -0.330. The Morgan fingerprint density at radius 1 is 0.889 bits per heavy atom. The zero-order chi connectivity index (χ0) is 13.9. The average molecular weight is 252 g/mol. The van der Waals surface area contributed by atoms with Gasteiger partial charge in [-0.05, 0) is 48.3 Å². The van der Waals surface area contributed by atoms with Gasteiger partial charge in [0.05, 0.1) is 0 Å². The summed E-state index contributed by atoms with van der Waals surface area (Å²) in [6.45, 7) is 14.0. The summed E-state index contributed by atoms with van der Waals surface area (Å²) in [6, 6.07) is 0. The zero-order valence-corrected chi connectivity index (χ0v) is 13.2. The Kier molecular flexibility index (Phi) is 5.88. The predicted molar refractivity (Wildman–Crippen MR) is 78.5 cm³/mol. The number of carbonyl (C=O) groups excluding carboxylic acids is 1. The van der Waals surface area contributed by atoms with Crippen LogP contribution in [-0.4, -0.2) is 5.78 Å². The summed E-state index contributed by atoms with van der Waals surface area (Å²) in [6.07, 6.45) is 3.99. The summed E-state index contributed by atoms with van der Waals surface area (Å²) in [5.74, 6) is 4.66. The number of carbonyl (C=O) groups is 1. The lowest BCUT2D eigenvalue weighted by atomic mass is 9.63. The highest BCUT2D eigenvalue weighted by molar-refractivity contribution is 5.78. The van der Waals surface area contributed by atoms with Gasteiger partial charge in [-0.2, -0.15) is 0 Å². The van der Waals surface area contributed by atoms with Gasteiger partial charge in [0.25, 0.3) is 0 Å². The Morgan fingerprint density at radius 3 is 1.89 bits per heavy atom. The molecule has 0 bridgehead atoms. The van der Waals surface area contributed by atoms with Crippen LogP contribution in [0, 0.1) is 35.5 Å². The molecule has 0 spiro atoms. The predicted octanol–water partition coefficient (Wildman–Crippen LogP) is 4.95. The van der Waals surface area contributed by atoms with Crippen LogP contribution in [-0.2, 0) is 4.79 Å². The quantitative estimate of drug-likeness (QED) is 0.695. The molecule has 1 saturated carbocycles. The molecule has 0 saturated heterocycles. The first-order valence-electron chi connectivity index (χ1n) is 7.86. The van der Waals surface area contributed by atoms with Crippen molar-refractivity contribution in [2.45, 2.75) is 67.2 Å². The highest BCUT2D eigenvalue weighted by Crippen LogP contribution is 2.42.